The monoisotopic (exact) mass is 268 g/mol. The summed E-state index contributed by atoms with van der Waals surface area (Å²) in [6.45, 7) is 5.85. The average Bonchev–Trinajstić information content (AvgIpc) is 2.28. The molecule has 0 spiro atoms. The molecule has 0 aliphatic heterocycles. The molecule has 0 amide bonds. The Labute approximate surface area is 109 Å². The second-order valence-corrected chi connectivity index (χ2v) is 6.30. The summed E-state index contributed by atoms with van der Waals surface area (Å²) in [5.41, 5.74) is 6.87. The largest absolute Gasteiger partial charge is 0.399 e. The Kier molecular flexibility index (Phi) is 4.93. The molecule has 0 aliphatic rings. The van der Waals surface area contributed by atoms with Crippen LogP contribution < -0.4 is 5.73 Å². The molecule has 0 aromatic heterocycles. The Morgan fingerprint density at radius 1 is 1.44 bits per heavy atom. The van der Waals surface area contributed by atoms with Crippen LogP contribution in [0.25, 0.3) is 0 Å². The van der Waals surface area contributed by atoms with E-state index < -0.39 is 10.0 Å². The van der Waals surface area contributed by atoms with E-state index in [4.69, 9.17) is 5.73 Å². The standard InChI is InChI=1S/C13H20N2O2S/c1-4-5-6-9-15(3)18(16,17)13-8-7-12(14)10-11(13)2/h4,7-8,10H,1,5-6,9,14H2,2-3H3. The summed E-state index contributed by atoms with van der Waals surface area (Å²) in [7, 11) is -1.83. The van der Waals surface area contributed by atoms with Gasteiger partial charge >= 0.3 is 0 Å². The van der Waals surface area contributed by atoms with Gasteiger partial charge < -0.3 is 5.73 Å². The number of hydrogen-bond acceptors (Lipinski definition) is 3. The van der Waals surface area contributed by atoms with E-state index in [2.05, 4.69) is 6.58 Å². The zero-order valence-electron chi connectivity index (χ0n) is 10.9. The molecule has 0 heterocycles. The fourth-order valence-electron chi connectivity index (χ4n) is 1.71. The Morgan fingerprint density at radius 2 is 2.11 bits per heavy atom. The van der Waals surface area contributed by atoms with Gasteiger partial charge in [0, 0.05) is 19.3 Å². The van der Waals surface area contributed by atoms with Crippen molar-refractivity contribution in [3.05, 3.63) is 36.4 Å². The lowest BCUT2D eigenvalue weighted by molar-refractivity contribution is 0.462. The lowest BCUT2D eigenvalue weighted by atomic mass is 10.2. The quantitative estimate of drug-likeness (QED) is 0.488. The smallest absolute Gasteiger partial charge is 0.243 e. The summed E-state index contributed by atoms with van der Waals surface area (Å²) < 4.78 is 26.0. The number of nitrogens with two attached hydrogens (primary N) is 1. The van der Waals surface area contributed by atoms with E-state index in [1.54, 1.807) is 38.2 Å². The van der Waals surface area contributed by atoms with Gasteiger partial charge in [0.05, 0.1) is 4.90 Å². The first-order valence-corrected chi connectivity index (χ1v) is 7.27. The summed E-state index contributed by atoms with van der Waals surface area (Å²) >= 11 is 0. The number of hydrogen-bond donors (Lipinski definition) is 1. The second-order valence-electron chi connectivity index (χ2n) is 4.28. The van der Waals surface area contributed by atoms with Crippen molar-refractivity contribution in [1.82, 2.24) is 4.31 Å². The van der Waals surface area contributed by atoms with Crippen molar-refractivity contribution in [2.45, 2.75) is 24.7 Å². The Morgan fingerprint density at radius 3 is 2.67 bits per heavy atom. The van der Waals surface area contributed by atoms with Gasteiger partial charge in [0.1, 0.15) is 0 Å². The normalized spacial score (nSPS) is 11.7. The highest BCUT2D eigenvalue weighted by atomic mass is 32.2. The van der Waals surface area contributed by atoms with E-state index in [9.17, 15) is 8.42 Å². The van der Waals surface area contributed by atoms with Gasteiger partial charge in [0.15, 0.2) is 0 Å². The minimum Gasteiger partial charge on any atom is -0.399 e. The highest BCUT2D eigenvalue weighted by molar-refractivity contribution is 7.89. The molecule has 4 nitrogen and oxygen atoms in total. The number of anilines is 1. The number of benzene rings is 1. The summed E-state index contributed by atoms with van der Waals surface area (Å²) in [4.78, 5) is 0.317. The summed E-state index contributed by atoms with van der Waals surface area (Å²) in [6.07, 6.45) is 3.36. The third kappa shape index (κ3) is 3.34. The van der Waals surface area contributed by atoms with Gasteiger partial charge in [-0.05, 0) is 43.5 Å². The van der Waals surface area contributed by atoms with Gasteiger partial charge in [-0.15, -0.1) is 6.58 Å². The van der Waals surface area contributed by atoms with E-state index >= 15 is 0 Å². The van der Waals surface area contributed by atoms with Crippen LogP contribution >= 0.6 is 0 Å². The molecule has 0 bridgehead atoms. The van der Waals surface area contributed by atoms with Crippen molar-refractivity contribution in [1.29, 1.82) is 0 Å². The van der Waals surface area contributed by atoms with Crippen LogP contribution in [0.4, 0.5) is 5.69 Å². The molecule has 100 valence electrons. The van der Waals surface area contributed by atoms with E-state index in [-0.39, 0.29) is 0 Å². The van der Waals surface area contributed by atoms with Crippen LogP contribution in [-0.4, -0.2) is 26.3 Å². The first-order valence-electron chi connectivity index (χ1n) is 5.83. The Hall–Kier alpha value is -1.33. The molecule has 1 rings (SSSR count). The highest BCUT2D eigenvalue weighted by Crippen LogP contribution is 2.21. The van der Waals surface area contributed by atoms with Gasteiger partial charge in [-0.25, -0.2) is 12.7 Å². The number of allylic oxidation sites excluding steroid dienone is 1. The van der Waals surface area contributed by atoms with E-state index in [1.807, 2.05) is 0 Å². The van der Waals surface area contributed by atoms with E-state index in [0.29, 0.717) is 22.7 Å². The number of nitrogens with zero attached hydrogens (tertiary/aromatic N) is 1. The minimum atomic E-state index is -3.42. The molecule has 0 atom stereocenters. The zero-order valence-corrected chi connectivity index (χ0v) is 11.7. The average molecular weight is 268 g/mol. The van der Waals surface area contributed by atoms with Crippen molar-refractivity contribution < 1.29 is 8.42 Å². The van der Waals surface area contributed by atoms with Gasteiger partial charge in [0.25, 0.3) is 0 Å². The fraction of sp³-hybridized carbons (Fsp3) is 0.385. The van der Waals surface area contributed by atoms with Crippen molar-refractivity contribution >= 4 is 15.7 Å². The molecule has 0 fully saturated rings. The molecule has 1 aromatic carbocycles. The molecule has 0 saturated heterocycles. The number of sulfonamides is 1. The van der Waals surface area contributed by atoms with Crippen LogP contribution in [0, 0.1) is 6.92 Å². The third-order valence-corrected chi connectivity index (χ3v) is 4.79. The Balaban J connectivity index is 2.94. The molecule has 1 aromatic rings. The van der Waals surface area contributed by atoms with E-state index in [0.717, 1.165) is 12.8 Å². The lowest BCUT2D eigenvalue weighted by Crippen LogP contribution is -2.28. The van der Waals surface area contributed by atoms with Crippen LogP contribution in [-0.2, 0) is 10.0 Å². The summed E-state index contributed by atoms with van der Waals surface area (Å²) in [5.74, 6) is 0. The summed E-state index contributed by atoms with van der Waals surface area (Å²) in [6, 6.07) is 4.84. The first-order chi connectivity index (χ1) is 8.39. The molecular weight excluding hydrogens is 248 g/mol. The van der Waals surface area contributed by atoms with Crippen LogP contribution in [0.1, 0.15) is 18.4 Å². The SMILES string of the molecule is C=CCCCN(C)S(=O)(=O)c1ccc(N)cc1C. The van der Waals surface area contributed by atoms with Gasteiger partial charge in [-0.1, -0.05) is 6.08 Å². The van der Waals surface area contributed by atoms with Gasteiger partial charge in [-0.3, -0.25) is 0 Å². The lowest BCUT2D eigenvalue weighted by Gasteiger charge is -2.18. The molecule has 18 heavy (non-hydrogen) atoms. The molecule has 0 saturated carbocycles. The molecule has 2 N–H and O–H groups in total. The minimum absolute atomic E-state index is 0.317. The number of nitrogen functional groups attached to an aromatic ring is 1. The maximum absolute atomic E-state index is 12.3. The molecule has 0 unspecified atom stereocenters. The second kappa shape index (κ2) is 6.02. The van der Waals surface area contributed by atoms with Crippen LogP contribution in [0.2, 0.25) is 0 Å². The predicted molar refractivity (Wildman–Crippen MR) is 74.8 cm³/mol. The van der Waals surface area contributed by atoms with Crippen LogP contribution in [0.15, 0.2) is 35.7 Å². The predicted octanol–water partition coefficient (Wildman–Crippen LogP) is 2.16. The van der Waals surface area contributed by atoms with Crippen LogP contribution in [0.3, 0.4) is 0 Å². The Bertz CT molecular complexity index is 524. The highest BCUT2D eigenvalue weighted by Gasteiger charge is 2.21. The molecular formula is C13H20N2O2S. The van der Waals surface area contributed by atoms with Crippen molar-refractivity contribution in [3.63, 3.8) is 0 Å². The molecule has 5 heteroatoms. The topological polar surface area (TPSA) is 63.4 Å². The van der Waals surface area contributed by atoms with Gasteiger partial charge in [0.2, 0.25) is 10.0 Å². The summed E-state index contributed by atoms with van der Waals surface area (Å²) in [5, 5.41) is 0. The van der Waals surface area contributed by atoms with Gasteiger partial charge in [-0.2, -0.15) is 0 Å². The van der Waals surface area contributed by atoms with E-state index in [1.165, 1.54) is 4.31 Å². The molecule has 0 aliphatic carbocycles. The maximum Gasteiger partial charge on any atom is 0.243 e. The zero-order chi connectivity index (χ0) is 13.8. The van der Waals surface area contributed by atoms with Crippen molar-refractivity contribution in [2.24, 2.45) is 0 Å². The number of unbranched alkanes of at least 4 members (excludes halogenated alkanes) is 1. The molecule has 0 radical (unpaired) electrons. The third-order valence-electron chi connectivity index (χ3n) is 2.77. The first kappa shape index (κ1) is 14.7. The van der Waals surface area contributed by atoms with Crippen LogP contribution in [0.5, 0.6) is 0 Å². The maximum atomic E-state index is 12.3. The number of rotatable bonds is 6. The van der Waals surface area contributed by atoms with Crippen molar-refractivity contribution in [2.75, 3.05) is 19.3 Å². The number of aryl methyl sites for hydroxylation is 1. The fourth-order valence-corrected chi connectivity index (χ4v) is 3.12. The van der Waals surface area contributed by atoms with Crippen molar-refractivity contribution in [3.8, 4) is 0 Å².